The summed E-state index contributed by atoms with van der Waals surface area (Å²) < 4.78 is 0. The number of carboxylic acids is 1. The highest BCUT2D eigenvalue weighted by Crippen LogP contribution is 2.16. The van der Waals surface area contributed by atoms with Crippen molar-refractivity contribution in [3.8, 4) is 0 Å². The molecule has 18 heavy (non-hydrogen) atoms. The van der Waals surface area contributed by atoms with Gasteiger partial charge in [0.05, 0.1) is 18.3 Å². The first kappa shape index (κ1) is 12.0. The Labute approximate surface area is 102 Å². The van der Waals surface area contributed by atoms with Crippen molar-refractivity contribution in [3.05, 3.63) is 24.0 Å². The molecule has 7 nitrogen and oxygen atoms in total. The molecule has 2 heterocycles. The summed E-state index contributed by atoms with van der Waals surface area (Å²) in [6.07, 6.45) is 1.41. The molecule has 1 unspecified atom stereocenters. The van der Waals surface area contributed by atoms with Gasteiger partial charge < -0.3 is 10.4 Å². The summed E-state index contributed by atoms with van der Waals surface area (Å²) in [4.78, 5) is 38.3. The maximum absolute atomic E-state index is 11.6. The number of carbonyl (C=O) groups is 3. The number of likely N-dealkylation sites (tertiary alicyclic amines) is 1. The standard InChI is InChI=1S/C11H11N3O4/c1-14-9(15)4-8(10(14)16)13-6-2-3-7(11(17)18)12-5-6/h2-3,5,8,13H,4H2,1H3,(H,17,18). The number of anilines is 1. The first-order valence-electron chi connectivity index (χ1n) is 5.25. The number of imide groups is 1. The molecule has 0 bridgehead atoms. The number of amides is 2. The fourth-order valence-electron chi connectivity index (χ4n) is 1.68. The molecule has 2 rings (SSSR count). The molecule has 1 fully saturated rings. The lowest BCUT2D eigenvalue weighted by Gasteiger charge is -2.11. The molecule has 2 amide bonds. The van der Waals surface area contributed by atoms with Gasteiger partial charge in [0.15, 0.2) is 0 Å². The van der Waals surface area contributed by atoms with Crippen LogP contribution < -0.4 is 5.32 Å². The first-order chi connectivity index (χ1) is 8.49. The van der Waals surface area contributed by atoms with Crippen molar-refractivity contribution in [2.24, 2.45) is 0 Å². The van der Waals surface area contributed by atoms with Gasteiger partial charge in [-0.1, -0.05) is 0 Å². The molecular weight excluding hydrogens is 238 g/mol. The van der Waals surface area contributed by atoms with E-state index in [1.807, 2.05) is 0 Å². The molecule has 1 saturated heterocycles. The van der Waals surface area contributed by atoms with Crippen LogP contribution >= 0.6 is 0 Å². The Kier molecular flexibility index (Phi) is 2.97. The van der Waals surface area contributed by atoms with E-state index >= 15 is 0 Å². The second-order valence-corrected chi connectivity index (χ2v) is 3.93. The molecule has 1 atom stereocenters. The summed E-state index contributed by atoms with van der Waals surface area (Å²) >= 11 is 0. The van der Waals surface area contributed by atoms with Gasteiger partial charge in [-0.15, -0.1) is 0 Å². The van der Waals surface area contributed by atoms with Crippen LogP contribution in [0.4, 0.5) is 5.69 Å². The van der Waals surface area contributed by atoms with E-state index < -0.39 is 12.0 Å². The number of nitrogens with zero attached hydrogens (tertiary/aromatic N) is 2. The SMILES string of the molecule is CN1C(=O)CC(Nc2ccc(C(=O)O)nc2)C1=O. The van der Waals surface area contributed by atoms with Gasteiger partial charge >= 0.3 is 5.97 Å². The number of pyridine rings is 1. The van der Waals surface area contributed by atoms with Crippen molar-refractivity contribution in [2.75, 3.05) is 12.4 Å². The van der Waals surface area contributed by atoms with E-state index in [1.54, 1.807) is 0 Å². The molecule has 1 aliphatic rings. The average molecular weight is 249 g/mol. The minimum Gasteiger partial charge on any atom is -0.477 e. The van der Waals surface area contributed by atoms with E-state index in [2.05, 4.69) is 10.3 Å². The van der Waals surface area contributed by atoms with Gasteiger partial charge in [-0.25, -0.2) is 9.78 Å². The molecular formula is C11H11N3O4. The Balaban J connectivity index is 2.08. The van der Waals surface area contributed by atoms with Crippen molar-refractivity contribution in [3.63, 3.8) is 0 Å². The smallest absolute Gasteiger partial charge is 0.354 e. The topological polar surface area (TPSA) is 99.6 Å². The molecule has 0 aromatic carbocycles. The lowest BCUT2D eigenvalue weighted by molar-refractivity contribution is -0.136. The third-order valence-corrected chi connectivity index (χ3v) is 2.71. The summed E-state index contributed by atoms with van der Waals surface area (Å²) in [5, 5.41) is 11.5. The molecule has 1 aromatic rings. The zero-order valence-electron chi connectivity index (χ0n) is 9.58. The van der Waals surface area contributed by atoms with Gasteiger partial charge in [0.2, 0.25) is 5.91 Å². The van der Waals surface area contributed by atoms with Crippen molar-refractivity contribution >= 4 is 23.5 Å². The maximum atomic E-state index is 11.6. The highest BCUT2D eigenvalue weighted by Gasteiger charge is 2.35. The summed E-state index contributed by atoms with van der Waals surface area (Å²) in [6, 6.07) is 2.22. The quantitative estimate of drug-likeness (QED) is 0.728. The van der Waals surface area contributed by atoms with E-state index in [0.29, 0.717) is 5.69 Å². The van der Waals surface area contributed by atoms with Gasteiger partial charge in [0, 0.05) is 7.05 Å². The number of aromatic nitrogens is 1. The largest absolute Gasteiger partial charge is 0.477 e. The predicted octanol–water partition coefficient (Wildman–Crippen LogP) is -0.0510. The average Bonchev–Trinajstić information content (AvgIpc) is 2.58. The normalized spacial score (nSPS) is 19.2. The van der Waals surface area contributed by atoms with Crippen LogP contribution in [0.15, 0.2) is 18.3 Å². The number of carboxylic acid groups (broad SMARTS) is 1. The van der Waals surface area contributed by atoms with Crippen LogP contribution in [0.5, 0.6) is 0 Å². The second kappa shape index (κ2) is 4.44. The van der Waals surface area contributed by atoms with E-state index in [0.717, 1.165) is 4.90 Å². The predicted molar refractivity (Wildman–Crippen MR) is 61.0 cm³/mol. The van der Waals surface area contributed by atoms with Gasteiger partial charge in [0.1, 0.15) is 11.7 Å². The van der Waals surface area contributed by atoms with Crippen molar-refractivity contribution in [1.29, 1.82) is 0 Å². The monoisotopic (exact) mass is 249 g/mol. The Bertz CT molecular complexity index is 512. The number of hydrogen-bond donors (Lipinski definition) is 2. The summed E-state index contributed by atoms with van der Waals surface area (Å²) in [6.45, 7) is 0. The molecule has 2 N–H and O–H groups in total. The highest BCUT2D eigenvalue weighted by molar-refractivity contribution is 6.06. The molecule has 0 saturated carbocycles. The number of aromatic carboxylic acids is 1. The van der Waals surface area contributed by atoms with Crippen LogP contribution in [0.1, 0.15) is 16.9 Å². The van der Waals surface area contributed by atoms with Crippen LogP contribution in [0.3, 0.4) is 0 Å². The number of rotatable bonds is 3. The lowest BCUT2D eigenvalue weighted by Crippen LogP contribution is -2.31. The molecule has 94 valence electrons. The Morgan fingerprint density at radius 1 is 1.50 bits per heavy atom. The summed E-state index contributed by atoms with van der Waals surface area (Å²) in [5.41, 5.74) is 0.424. The third-order valence-electron chi connectivity index (χ3n) is 2.71. The molecule has 1 aromatic heterocycles. The van der Waals surface area contributed by atoms with Crippen molar-refractivity contribution in [1.82, 2.24) is 9.88 Å². The lowest BCUT2D eigenvalue weighted by atomic mass is 10.2. The van der Waals surface area contributed by atoms with Crippen molar-refractivity contribution in [2.45, 2.75) is 12.5 Å². The Morgan fingerprint density at radius 2 is 2.22 bits per heavy atom. The number of nitrogens with one attached hydrogen (secondary N) is 1. The van der Waals surface area contributed by atoms with Crippen LogP contribution in [0.25, 0.3) is 0 Å². The van der Waals surface area contributed by atoms with E-state index in [-0.39, 0.29) is 23.9 Å². The molecule has 0 radical (unpaired) electrons. The number of likely N-dealkylation sites (N-methyl/N-ethyl adjacent to an activating group) is 1. The van der Waals surface area contributed by atoms with E-state index in [9.17, 15) is 14.4 Å². The fraction of sp³-hybridized carbons (Fsp3) is 0.273. The zero-order chi connectivity index (χ0) is 13.3. The van der Waals surface area contributed by atoms with Gasteiger partial charge in [-0.05, 0) is 12.1 Å². The Morgan fingerprint density at radius 3 is 2.67 bits per heavy atom. The second-order valence-electron chi connectivity index (χ2n) is 3.93. The van der Waals surface area contributed by atoms with Gasteiger partial charge in [-0.3, -0.25) is 14.5 Å². The van der Waals surface area contributed by atoms with E-state index in [1.165, 1.54) is 25.4 Å². The molecule has 0 aliphatic carbocycles. The third kappa shape index (κ3) is 2.15. The molecule has 0 spiro atoms. The first-order valence-corrected chi connectivity index (χ1v) is 5.25. The highest BCUT2D eigenvalue weighted by atomic mass is 16.4. The fourth-order valence-corrected chi connectivity index (χ4v) is 1.68. The zero-order valence-corrected chi connectivity index (χ0v) is 9.58. The number of carbonyl (C=O) groups excluding carboxylic acids is 2. The molecule has 7 heteroatoms. The van der Waals surface area contributed by atoms with E-state index in [4.69, 9.17) is 5.11 Å². The number of hydrogen-bond acceptors (Lipinski definition) is 5. The van der Waals surface area contributed by atoms with Gasteiger partial charge in [0.25, 0.3) is 5.91 Å². The van der Waals surface area contributed by atoms with Crippen molar-refractivity contribution < 1.29 is 19.5 Å². The minimum absolute atomic E-state index is 0.0773. The van der Waals surface area contributed by atoms with Crippen LogP contribution in [-0.4, -0.2) is 45.9 Å². The maximum Gasteiger partial charge on any atom is 0.354 e. The Hall–Kier alpha value is -2.44. The minimum atomic E-state index is -1.12. The van der Waals surface area contributed by atoms with Crippen LogP contribution in [0.2, 0.25) is 0 Å². The summed E-state index contributed by atoms with van der Waals surface area (Å²) in [7, 11) is 1.43. The molecule has 1 aliphatic heterocycles. The summed E-state index contributed by atoms with van der Waals surface area (Å²) in [5.74, 6) is -1.66. The van der Waals surface area contributed by atoms with Crippen LogP contribution in [-0.2, 0) is 9.59 Å². The van der Waals surface area contributed by atoms with Crippen LogP contribution in [0, 0.1) is 0 Å². The van der Waals surface area contributed by atoms with Gasteiger partial charge in [-0.2, -0.15) is 0 Å².